The molecule has 5 nitrogen and oxygen atoms in total. The Hall–Kier alpha value is -1.14. The highest BCUT2D eigenvalue weighted by molar-refractivity contribution is 7.13. The van der Waals surface area contributed by atoms with Gasteiger partial charge in [-0.1, -0.05) is 6.92 Å². The molecule has 2 heterocycles. The van der Waals surface area contributed by atoms with E-state index in [0.717, 1.165) is 43.3 Å². The zero-order chi connectivity index (χ0) is 15.2. The van der Waals surface area contributed by atoms with Crippen LogP contribution in [0, 0.1) is 5.92 Å². The van der Waals surface area contributed by atoms with Crippen molar-refractivity contribution in [1.29, 1.82) is 0 Å². The first-order valence-corrected chi connectivity index (χ1v) is 8.57. The first-order valence-electron chi connectivity index (χ1n) is 7.69. The minimum atomic E-state index is 0.157. The first-order chi connectivity index (χ1) is 10.1. The fourth-order valence-electron chi connectivity index (χ4n) is 2.61. The predicted molar refractivity (Wildman–Crippen MR) is 87.7 cm³/mol. The maximum absolute atomic E-state index is 12.0. The number of carbonyl (C=O) groups is 1. The molecule has 0 radical (unpaired) electrons. The van der Waals surface area contributed by atoms with E-state index < -0.39 is 0 Å². The Balaban J connectivity index is 1.70. The molecule has 0 atom stereocenters. The number of thiazole rings is 1. The zero-order valence-corrected chi connectivity index (χ0v) is 14.1. The van der Waals surface area contributed by atoms with Crippen molar-refractivity contribution in [1.82, 2.24) is 15.2 Å². The Kier molecular flexibility index (Phi) is 5.99. The van der Waals surface area contributed by atoms with Crippen LogP contribution in [0.3, 0.4) is 0 Å². The summed E-state index contributed by atoms with van der Waals surface area (Å²) in [4.78, 5) is 20.9. The molecule has 1 fully saturated rings. The Morgan fingerprint density at radius 3 is 2.76 bits per heavy atom. The SMILES string of the molecule is CCN1CCC(CC(=O)NCc2csc(N(C)C)n2)CC1. The van der Waals surface area contributed by atoms with Crippen LogP contribution in [0.5, 0.6) is 0 Å². The van der Waals surface area contributed by atoms with Crippen LogP contribution in [0.1, 0.15) is 31.9 Å². The summed E-state index contributed by atoms with van der Waals surface area (Å²) in [6.07, 6.45) is 2.94. The van der Waals surface area contributed by atoms with E-state index in [1.165, 1.54) is 0 Å². The van der Waals surface area contributed by atoms with E-state index in [4.69, 9.17) is 0 Å². The van der Waals surface area contributed by atoms with Crippen molar-refractivity contribution in [2.75, 3.05) is 38.6 Å². The number of anilines is 1. The van der Waals surface area contributed by atoms with Crippen LogP contribution in [-0.2, 0) is 11.3 Å². The van der Waals surface area contributed by atoms with Crippen molar-refractivity contribution < 1.29 is 4.79 Å². The lowest BCUT2D eigenvalue weighted by molar-refractivity contribution is -0.122. The third kappa shape index (κ3) is 4.97. The summed E-state index contributed by atoms with van der Waals surface area (Å²) in [5.74, 6) is 0.699. The van der Waals surface area contributed by atoms with Crippen molar-refractivity contribution in [3.05, 3.63) is 11.1 Å². The lowest BCUT2D eigenvalue weighted by Crippen LogP contribution is -2.35. The number of carbonyl (C=O) groups excluding carboxylic acids is 1. The van der Waals surface area contributed by atoms with E-state index in [0.29, 0.717) is 18.9 Å². The molecule has 118 valence electrons. The number of amides is 1. The van der Waals surface area contributed by atoms with Gasteiger partial charge in [0.15, 0.2) is 5.13 Å². The molecule has 1 N–H and O–H groups in total. The fraction of sp³-hybridized carbons (Fsp3) is 0.733. The van der Waals surface area contributed by atoms with Crippen LogP contribution < -0.4 is 10.2 Å². The molecular weight excluding hydrogens is 284 g/mol. The van der Waals surface area contributed by atoms with Gasteiger partial charge in [-0.05, 0) is 38.4 Å². The molecule has 1 amide bonds. The van der Waals surface area contributed by atoms with E-state index >= 15 is 0 Å². The lowest BCUT2D eigenvalue weighted by atomic mass is 9.93. The predicted octanol–water partition coefficient (Wildman–Crippen LogP) is 1.95. The van der Waals surface area contributed by atoms with E-state index in [9.17, 15) is 4.79 Å². The Bertz CT molecular complexity index is 452. The Labute approximate surface area is 131 Å². The minimum absolute atomic E-state index is 0.157. The third-order valence-corrected chi connectivity index (χ3v) is 5.07. The molecule has 1 aliphatic heterocycles. The maximum Gasteiger partial charge on any atom is 0.220 e. The van der Waals surface area contributed by atoms with Crippen LogP contribution in [-0.4, -0.2) is 49.5 Å². The van der Waals surface area contributed by atoms with Crippen molar-refractivity contribution in [2.45, 2.75) is 32.7 Å². The molecule has 0 bridgehead atoms. The van der Waals surface area contributed by atoms with Crippen LogP contribution in [0.15, 0.2) is 5.38 Å². The summed E-state index contributed by atoms with van der Waals surface area (Å²) in [5.41, 5.74) is 0.942. The second-order valence-electron chi connectivity index (χ2n) is 5.87. The second-order valence-corrected chi connectivity index (χ2v) is 6.71. The maximum atomic E-state index is 12.0. The second kappa shape index (κ2) is 7.75. The summed E-state index contributed by atoms with van der Waals surface area (Å²) in [7, 11) is 3.95. The molecular formula is C15H26N4OS. The van der Waals surface area contributed by atoms with Gasteiger partial charge in [0.05, 0.1) is 12.2 Å². The van der Waals surface area contributed by atoms with Gasteiger partial charge in [-0.3, -0.25) is 4.79 Å². The zero-order valence-electron chi connectivity index (χ0n) is 13.3. The molecule has 1 aliphatic rings. The highest BCUT2D eigenvalue weighted by Gasteiger charge is 2.20. The number of likely N-dealkylation sites (tertiary alicyclic amines) is 1. The third-order valence-electron chi connectivity index (χ3n) is 4.02. The number of nitrogens with zero attached hydrogens (tertiary/aromatic N) is 3. The fourth-order valence-corrected chi connectivity index (χ4v) is 3.37. The molecule has 0 aliphatic carbocycles. The molecule has 0 spiro atoms. The number of nitrogens with one attached hydrogen (secondary N) is 1. The topological polar surface area (TPSA) is 48.5 Å². The summed E-state index contributed by atoms with van der Waals surface area (Å²) in [6.45, 7) is 6.12. The number of piperidine rings is 1. The molecule has 0 unspecified atom stereocenters. The molecule has 0 saturated carbocycles. The van der Waals surface area contributed by atoms with Gasteiger partial charge < -0.3 is 15.1 Å². The first kappa shape index (κ1) is 16.2. The van der Waals surface area contributed by atoms with Gasteiger partial charge >= 0.3 is 0 Å². The standard InChI is InChI=1S/C15H26N4OS/c1-4-19-7-5-12(6-8-19)9-14(20)16-10-13-11-21-15(17-13)18(2)3/h11-12H,4-10H2,1-3H3,(H,16,20). The normalized spacial score (nSPS) is 16.9. The van der Waals surface area contributed by atoms with Crippen molar-refractivity contribution in [3.63, 3.8) is 0 Å². The quantitative estimate of drug-likeness (QED) is 0.872. The average molecular weight is 310 g/mol. The molecule has 21 heavy (non-hydrogen) atoms. The summed E-state index contributed by atoms with van der Waals surface area (Å²) >= 11 is 1.61. The average Bonchev–Trinajstić information content (AvgIpc) is 2.95. The van der Waals surface area contributed by atoms with Crippen molar-refractivity contribution in [2.24, 2.45) is 5.92 Å². The van der Waals surface area contributed by atoms with E-state index in [-0.39, 0.29) is 5.91 Å². The molecule has 6 heteroatoms. The van der Waals surface area contributed by atoms with Gasteiger partial charge in [-0.15, -0.1) is 11.3 Å². The highest BCUT2D eigenvalue weighted by atomic mass is 32.1. The van der Waals surface area contributed by atoms with Crippen LogP contribution in [0.4, 0.5) is 5.13 Å². The van der Waals surface area contributed by atoms with E-state index in [1.54, 1.807) is 11.3 Å². The number of aromatic nitrogens is 1. The highest BCUT2D eigenvalue weighted by Crippen LogP contribution is 2.20. The number of rotatable bonds is 6. The monoisotopic (exact) mass is 310 g/mol. The molecule has 0 aromatic carbocycles. The summed E-state index contributed by atoms with van der Waals surface area (Å²) < 4.78 is 0. The van der Waals surface area contributed by atoms with Gasteiger partial charge in [0.1, 0.15) is 0 Å². The summed E-state index contributed by atoms with van der Waals surface area (Å²) in [5, 5.41) is 5.98. The van der Waals surface area contributed by atoms with Crippen molar-refractivity contribution >= 4 is 22.4 Å². The van der Waals surface area contributed by atoms with Crippen LogP contribution >= 0.6 is 11.3 Å². The molecule has 1 aromatic heterocycles. The number of hydrogen-bond donors (Lipinski definition) is 1. The van der Waals surface area contributed by atoms with E-state index in [1.807, 2.05) is 24.4 Å². The van der Waals surface area contributed by atoms with Crippen LogP contribution in [0.2, 0.25) is 0 Å². The minimum Gasteiger partial charge on any atom is -0.354 e. The van der Waals surface area contributed by atoms with Gasteiger partial charge in [0, 0.05) is 25.9 Å². The van der Waals surface area contributed by atoms with Gasteiger partial charge in [0.2, 0.25) is 5.91 Å². The molecule has 1 aromatic rings. The summed E-state index contributed by atoms with van der Waals surface area (Å²) in [6, 6.07) is 0. The van der Waals surface area contributed by atoms with Gasteiger partial charge in [-0.25, -0.2) is 4.98 Å². The number of hydrogen-bond acceptors (Lipinski definition) is 5. The van der Waals surface area contributed by atoms with Crippen molar-refractivity contribution in [3.8, 4) is 0 Å². The van der Waals surface area contributed by atoms with Gasteiger partial charge in [-0.2, -0.15) is 0 Å². The molecule has 1 saturated heterocycles. The molecule has 2 rings (SSSR count). The Morgan fingerprint density at radius 2 is 2.19 bits per heavy atom. The Morgan fingerprint density at radius 1 is 1.48 bits per heavy atom. The smallest absolute Gasteiger partial charge is 0.220 e. The van der Waals surface area contributed by atoms with Gasteiger partial charge in [0.25, 0.3) is 0 Å². The largest absolute Gasteiger partial charge is 0.354 e. The van der Waals surface area contributed by atoms with E-state index in [2.05, 4.69) is 22.1 Å². The van der Waals surface area contributed by atoms with Crippen LogP contribution in [0.25, 0.3) is 0 Å². The lowest BCUT2D eigenvalue weighted by Gasteiger charge is -2.30.